The van der Waals surface area contributed by atoms with Crippen LogP contribution >= 0.6 is 0 Å². The van der Waals surface area contributed by atoms with E-state index < -0.39 is 12.5 Å². The number of rotatable bonds is 3. The Morgan fingerprint density at radius 3 is 2.93 bits per heavy atom. The second-order valence-electron chi connectivity index (χ2n) is 3.71. The molecule has 0 saturated heterocycles. The third-order valence-electron chi connectivity index (χ3n) is 2.58. The summed E-state index contributed by atoms with van der Waals surface area (Å²) in [5.74, 6) is 0.758. The van der Waals surface area contributed by atoms with Crippen molar-refractivity contribution in [3.63, 3.8) is 0 Å². The molecule has 0 radical (unpaired) electrons. The van der Waals surface area contributed by atoms with Crippen LogP contribution in [0.4, 0.5) is 8.78 Å². The van der Waals surface area contributed by atoms with Gasteiger partial charge in [0, 0.05) is 6.42 Å². The van der Waals surface area contributed by atoms with Crippen LogP contribution in [0.2, 0.25) is 0 Å². The highest BCUT2D eigenvalue weighted by Gasteiger charge is 2.21. The molecule has 0 aliphatic carbocycles. The molecule has 1 heterocycles. The van der Waals surface area contributed by atoms with E-state index >= 15 is 0 Å². The number of halogens is 2. The minimum Gasteiger partial charge on any atom is -0.493 e. The lowest BCUT2D eigenvalue weighted by Crippen LogP contribution is -2.31. The molecular formula is C11H13F2NO. The van der Waals surface area contributed by atoms with Gasteiger partial charge in [0.2, 0.25) is 0 Å². The van der Waals surface area contributed by atoms with Crippen molar-refractivity contribution in [1.29, 1.82) is 0 Å². The first kappa shape index (κ1) is 10.4. The maximum atomic E-state index is 12.3. The fourth-order valence-electron chi connectivity index (χ4n) is 1.79. The van der Waals surface area contributed by atoms with Crippen molar-refractivity contribution in [3.8, 4) is 5.75 Å². The van der Waals surface area contributed by atoms with E-state index in [4.69, 9.17) is 10.5 Å². The first-order valence-electron chi connectivity index (χ1n) is 4.96. The van der Waals surface area contributed by atoms with Crippen molar-refractivity contribution in [2.75, 3.05) is 6.61 Å². The summed E-state index contributed by atoms with van der Waals surface area (Å²) in [6.07, 6.45) is -1.46. The molecule has 2 N–H and O–H groups in total. The topological polar surface area (TPSA) is 35.2 Å². The summed E-state index contributed by atoms with van der Waals surface area (Å²) in [6.45, 7) is 0.635. The van der Waals surface area contributed by atoms with Gasteiger partial charge in [-0.25, -0.2) is 8.78 Å². The molecule has 0 amide bonds. The molecule has 1 aliphatic rings. The van der Waals surface area contributed by atoms with Crippen LogP contribution in [0.25, 0.3) is 0 Å². The molecule has 1 atom stereocenters. The number of hydrogen-bond acceptors (Lipinski definition) is 2. The van der Waals surface area contributed by atoms with Crippen LogP contribution in [0.15, 0.2) is 18.2 Å². The van der Waals surface area contributed by atoms with Gasteiger partial charge in [-0.1, -0.05) is 18.2 Å². The largest absolute Gasteiger partial charge is 0.493 e. The van der Waals surface area contributed by atoms with Gasteiger partial charge in [-0.2, -0.15) is 0 Å². The maximum absolute atomic E-state index is 12.3. The molecule has 0 fully saturated rings. The van der Waals surface area contributed by atoms with Crippen molar-refractivity contribution >= 4 is 0 Å². The molecular weight excluding hydrogens is 200 g/mol. The number of nitrogens with two attached hydrogens (primary N) is 1. The van der Waals surface area contributed by atoms with Crippen molar-refractivity contribution in [3.05, 3.63) is 29.3 Å². The summed E-state index contributed by atoms with van der Waals surface area (Å²) in [7, 11) is 0. The predicted molar refractivity (Wildman–Crippen MR) is 53.3 cm³/mol. The van der Waals surface area contributed by atoms with E-state index in [9.17, 15) is 8.78 Å². The molecule has 0 aromatic heterocycles. The quantitative estimate of drug-likeness (QED) is 0.830. The molecule has 0 saturated carbocycles. The summed E-state index contributed by atoms with van der Waals surface area (Å²) in [5, 5.41) is 0. The van der Waals surface area contributed by atoms with Crippen LogP contribution in [0, 0.1) is 0 Å². The number of para-hydroxylation sites is 1. The zero-order valence-corrected chi connectivity index (χ0v) is 8.25. The minimum atomic E-state index is -2.48. The lowest BCUT2D eigenvalue weighted by molar-refractivity contribution is 0.115. The highest BCUT2D eigenvalue weighted by atomic mass is 19.3. The Morgan fingerprint density at radius 2 is 2.20 bits per heavy atom. The second kappa shape index (κ2) is 4.14. The van der Waals surface area contributed by atoms with Gasteiger partial charge in [0.1, 0.15) is 5.75 Å². The third-order valence-corrected chi connectivity index (χ3v) is 2.58. The van der Waals surface area contributed by atoms with E-state index in [2.05, 4.69) is 0 Å². The Hall–Kier alpha value is -1.16. The van der Waals surface area contributed by atoms with Crippen LogP contribution in [-0.2, 0) is 12.8 Å². The minimum absolute atomic E-state index is 0.167. The normalized spacial score (nSPS) is 16.3. The van der Waals surface area contributed by atoms with Gasteiger partial charge in [0.05, 0.1) is 12.6 Å². The molecule has 1 aromatic carbocycles. The molecule has 2 rings (SSSR count). The zero-order valence-electron chi connectivity index (χ0n) is 8.25. The van der Waals surface area contributed by atoms with E-state index in [0.29, 0.717) is 6.61 Å². The van der Waals surface area contributed by atoms with Crippen LogP contribution in [0.5, 0.6) is 5.75 Å². The molecule has 15 heavy (non-hydrogen) atoms. The lowest BCUT2D eigenvalue weighted by atomic mass is 10.0. The standard InChI is InChI=1S/C11H13F2NO/c12-11(13)9(14)6-8-3-1-2-7-4-5-15-10(7)8/h1-3,9,11H,4-6,14H2. The Kier molecular flexibility index (Phi) is 2.86. The highest BCUT2D eigenvalue weighted by molar-refractivity contribution is 5.44. The van der Waals surface area contributed by atoms with Crippen molar-refractivity contribution in [1.82, 2.24) is 0 Å². The van der Waals surface area contributed by atoms with Gasteiger partial charge in [-0.05, 0) is 17.5 Å². The van der Waals surface area contributed by atoms with Gasteiger partial charge in [0.25, 0.3) is 6.43 Å². The monoisotopic (exact) mass is 213 g/mol. The SMILES string of the molecule is NC(Cc1cccc2c1OCC2)C(F)F. The highest BCUT2D eigenvalue weighted by Crippen LogP contribution is 2.30. The van der Waals surface area contributed by atoms with E-state index in [-0.39, 0.29) is 6.42 Å². The predicted octanol–water partition coefficient (Wildman–Crippen LogP) is 1.76. The molecule has 1 aliphatic heterocycles. The maximum Gasteiger partial charge on any atom is 0.253 e. The Balaban J connectivity index is 2.19. The molecule has 0 bridgehead atoms. The fourth-order valence-corrected chi connectivity index (χ4v) is 1.79. The molecule has 4 heteroatoms. The fraction of sp³-hybridized carbons (Fsp3) is 0.455. The zero-order chi connectivity index (χ0) is 10.8. The van der Waals surface area contributed by atoms with Gasteiger partial charge in [-0.3, -0.25) is 0 Å². The first-order chi connectivity index (χ1) is 7.18. The Labute approximate surface area is 87.0 Å². The van der Waals surface area contributed by atoms with Gasteiger partial charge in [-0.15, -0.1) is 0 Å². The third kappa shape index (κ3) is 2.09. The Bertz CT molecular complexity index is 354. The molecule has 1 unspecified atom stereocenters. The Morgan fingerprint density at radius 1 is 1.40 bits per heavy atom. The average molecular weight is 213 g/mol. The van der Waals surface area contributed by atoms with Crippen molar-refractivity contribution in [2.45, 2.75) is 25.3 Å². The van der Waals surface area contributed by atoms with Gasteiger partial charge < -0.3 is 10.5 Å². The average Bonchev–Trinajstić information content (AvgIpc) is 2.66. The van der Waals surface area contributed by atoms with E-state index in [0.717, 1.165) is 23.3 Å². The lowest BCUT2D eigenvalue weighted by Gasteiger charge is -2.12. The summed E-state index contributed by atoms with van der Waals surface area (Å²) in [6, 6.07) is 4.51. The van der Waals surface area contributed by atoms with Crippen LogP contribution in [-0.4, -0.2) is 19.1 Å². The molecule has 1 aromatic rings. The first-order valence-corrected chi connectivity index (χ1v) is 4.96. The number of hydrogen-bond donors (Lipinski definition) is 1. The van der Waals surface area contributed by atoms with Gasteiger partial charge >= 0.3 is 0 Å². The van der Waals surface area contributed by atoms with E-state index in [1.54, 1.807) is 6.07 Å². The van der Waals surface area contributed by atoms with Gasteiger partial charge in [0.15, 0.2) is 0 Å². The number of ether oxygens (including phenoxy) is 1. The van der Waals surface area contributed by atoms with Crippen molar-refractivity contribution in [2.24, 2.45) is 5.73 Å². The number of alkyl halides is 2. The van der Waals surface area contributed by atoms with Crippen LogP contribution < -0.4 is 10.5 Å². The van der Waals surface area contributed by atoms with E-state index in [1.807, 2.05) is 12.1 Å². The molecule has 82 valence electrons. The second-order valence-corrected chi connectivity index (χ2v) is 3.71. The van der Waals surface area contributed by atoms with E-state index in [1.165, 1.54) is 0 Å². The summed E-state index contributed by atoms with van der Waals surface area (Å²) < 4.78 is 30.0. The summed E-state index contributed by atoms with van der Waals surface area (Å²) in [4.78, 5) is 0. The summed E-state index contributed by atoms with van der Waals surface area (Å²) >= 11 is 0. The molecule has 2 nitrogen and oxygen atoms in total. The summed E-state index contributed by atoms with van der Waals surface area (Å²) in [5.41, 5.74) is 7.22. The van der Waals surface area contributed by atoms with Crippen molar-refractivity contribution < 1.29 is 13.5 Å². The number of fused-ring (bicyclic) bond motifs is 1. The van der Waals surface area contributed by atoms with Crippen LogP contribution in [0.3, 0.4) is 0 Å². The smallest absolute Gasteiger partial charge is 0.253 e. The van der Waals surface area contributed by atoms with Crippen LogP contribution in [0.1, 0.15) is 11.1 Å². The number of benzene rings is 1. The molecule has 0 spiro atoms.